The van der Waals surface area contributed by atoms with E-state index in [1.807, 2.05) is 23.6 Å². The fourth-order valence-corrected chi connectivity index (χ4v) is 3.82. The summed E-state index contributed by atoms with van der Waals surface area (Å²) in [5.41, 5.74) is 1.85. The minimum Gasteiger partial charge on any atom is -0.476 e. The third-order valence-electron chi connectivity index (χ3n) is 5.43. The first kappa shape index (κ1) is 23.5. The Morgan fingerprint density at radius 1 is 1.31 bits per heavy atom. The lowest BCUT2D eigenvalue weighted by molar-refractivity contribution is -0.111. The summed E-state index contributed by atoms with van der Waals surface area (Å²) in [6.45, 7) is 8.69. The third kappa shape index (κ3) is 5.56. The number of hydrogen-bond donors (Lipinski definition) is 1. The standard InChI is InChI=1S/C24H25ClFN3O3/c1-4-24(31)27-21-11-19(25)7-10-23(21)32-15-28-12-16(2)29(22(14-30)17(28)3)13-18-5-8-20(26)9-6-18/h4-11,16-17H,1,12-13,15H2,2-3H3,(H,27,31)/t16-,17+/m0/s1. The van der Waals surface area contributed by atoms with E-state index in [0.29, 0.717) is 35.2 Å². The van der Waals surface area contributed by atoms with E-state index >= 15 is 0 Å². The molecule has 1 heterocycles. The van der Waals surface area contributed by atoms with E-state index in [0.717, 1.165) is 11.6 Å². The number of anilines is 1. The Balaban J connectivity index is 1.72. The summed E-state index contributed by atoms with van der Waals surface area (Å²) in [7, 11) is 0. The van der Waals surface area contributed by atoms with Gasteiger partial charge in [-0.15, -0.1) is 0 Å². The van der Waals surface area contributed by atoms with Gasteiger partial charge >= 0.3 is 0 Å². The molecule has 1 saturated heterocycles. The van der Waals surface area contributed by atoms with Gasteiger partial charge in [-0.3, -0.25) is 9.69 Å². The Morgan fingerprint density at radius 2 is 2.03 bits per heavy atom. The average molecular weight is 458 g/mol. The maximum atomic E-state index is 13.2. The number of carbonyl (C=O) groups is 1. The normalized spacial score (nSPS) is 18.8. The molecule has 0 aromatic heterocycles. The van der Waals surface area contributed by atoms with E-state index < -0.39 is 0 Å². The van der Waals surface area contributed by atoms with Gasteiger partial charge in [0.2, 0.25) is 5.91 Å². The van der Waals surface area contributed by atoms with Gasteiger partial charge in [0.05, 0.1) is 11.7 Å². The van der Waals surface area contributed by atoms with Gasteiger partial charge in [0, 0.05) is 24.2 Å². The highest BCUT2D eigenvalue weighted by Crippen LogP contribution is 2.30. The summed E-state index contributed by atoms with van der Waals surface area (Å²) in [6, 6.07) is 10.9. The number of nitrogens with one attached hydrogen (secondary N) is 1. The Bertz CT molecular complexity index is 1040. The highest BCUT2D eigenvalue weighted by molar-refractivity contribution is 6.31. The van der Waals surface area contributed by atoms with Crippen LogP contribution in [0.25, 0.3) is 0 Å². The molecule has 0 spiro atoms. The molecule has 0 bridgehead atoms. The number of piperazine rings is 1. The summed E-state index contributed by atoms with van der Waals surface area (Å²) < 4.78 is 19.2. The molecule has 3 rings (SSSR count). The maximum absolute atomic E-state index is 13.2. The number of ether oxygens (including phenoxy) is 1. The molecule has 168 valence electrons. The highest BCUT2D eigenvalue weighted by Gasteiger charge is 2.34. The second kappa shape index (κ2) is 10.5. The zero-order valence-electron chi connectivity index (χ0n) is 18.0. The maximum Gasteiger partial charge on any atom is 0.247 e. The van der Waals surface area contributed by atoms with Crippen molar-refractivity contribution in [3.05, 3.63) is 77.2 Å². The van der Waals surface area contributed by atoms with E-state index in [1.165, 1.54) is 12.1 Å². The molecule has 8 heteroatoms. The van der Waals surface area contributed by atoms with Crippen LogP contribution in [0.15, 0.2) is 60.8 Å². The van der Waals surface area contributed by atoms with Crippen LogP contribution in [0.4, 0.5) is 10.1 Å². The van der Waals surface area contributed by atoms with Gasteiger partial charge in [-0.25, -0.2) is 9.18 Å². The molecule has 32 heavy (non-hydrogen) atoms. The summed E-state index contributed by atoms with van der Waals surface area (Å²) in [5, 5.41) is 3.14. The molecular weight excluding hydrogens is 433 g/mol. The lowest BCUT2D eigenvalue weighted by atomic mass is 10.0. The van der Waals surface area contributed by atoms with E-state index in [1.54, 1.807) is 30.3 Å². The molecule has 0 saturated carbocycles. The molecule has 0 unspecified atom stereocenters. The van der Waals surface area contributed by atoms with Gasteiger partial charge in [-0.2, -0.15) is 0 Å². The van der Waals surface area contributed by atoms with E-state index in [4.69, 9.17) is 16.3 Å². The number of nitrogens with zero attached hydrogens (tertiary/aromatic N) is 2. The topological polar surface area (TPSA) is 61.9 Å². The van der Waals surface area contributed by atoms with Crippen molar-refractivity contribution in [2.45, 2.75) is 32.5 Å². The first-order valence-electron chi connectivity index (χ1n) is 10.2. The first-order valence-corrected chi connectivity index (χ1v) is 10.6. The number of halogens is 2. The van der Waals surface area contributed by atoms with Crippen LogP contribution < -0.4 is 10.1 Å². The van der Waals surface area contributed by atoms with Gasteiger partial charge in [0.1, 0.15) is 29.9 Å². The number of hydrogen-bond acceptors (Lipinski definition) is 5. The van der Waals surface area contributed by atoms with Crippen LogP contribution in [0.1, 0.15) is 19.4 Å². The highest BCUT2D eigenvalue weighted by atomic mass is 35.5. The predicted molar refractivity (Wildman–Crippen MR) is 123 cm³/mol. The van der Waals surface area contributed by atoms with E-state index in [-0.39, 0.29) is 30.5 Å². The fraction of sp³-hybridized carbons (Fsp3) is 0.292. The average Bonchev–Trinajstić information content (AvgIpc) is 2.77. The van der Waals surface area contributed by atoms with Crippen molar-refractivity contribution in [2.24, 2.45) is 0 Å². The van der Waals surface area contributed by atoms with Crippen LogP contribution in [-0.2, 0) is 16.1 Å². The lowest BCUT2D eigenvalue weighted by Gasteiger charge is -2.45. The second-order valence-electron chi connectivity index (χ2n) is 7.65. The van der Waals surface area contributed by atoms with Crippen molar-refractivity contribution in [1.29, 1.82) is 0 Å². The van der Waals surface area contributed by atoms with Gasteiger partial charge in [-0.1, -0.05) is 30.3 Å². The van der Waals surface area contributed by atoms with E-state index in [2.05, 4.69) is 17.8 Å². The Morgan fingerprint density at radius 3 is 2.69 bits per heavy atom. The van der Waals surface area contributed by atoms with Crippen molar-refractivity contribution >= 4 is 29.1 Å². The molecule has 1 aliphatic heterocycles. The van der Waals surface area contributed by atoms with Crippen LogP contribution >= 0.6 is 11.6 Å². The predicted octanol–water partition coefficient (Wildman–Crippen LogP) is 4.25. The Hall–Kier alpha value is -3.12. The zero-order valence-corrected chi connectivity index (χ0v) is 18.7. The smallest absolute Gasteiger partial charge is 0.247 e. The van der Waals surface area contributed by atoms with Crippen molar-refractivity contribution in [1.82, 2.24) is 9.80 Å². The first-order chi connectivity index (χ1) is 15.3. The SMILES string of the molecule is C=CC(=O)Nc1cc(Cl)ccc1OCN1C[C@H](C)N(Cc2ccc(F)cc2)C(=C=O)[C@H]1C. The van der Waals surface area contributed by atoms with Crippen LogP contribution in [0.3, 0.4) is 0 Å². The number of rotatable bonds is 7. The van der Waals surface area contributed by atoms with Crippen molar-refractivity contribution in [3.63, 3.8) is 0 Å². The monoisotopic (exact) mass is 457 g/mol. The summed E-state index contributed by atoms with van der Waals surface area (Å²) in [6.07, 6.45) is 1.16. The van der Waals surface area contributed by atoms with Gasteiger partial charge in [0.25, 0.3) is 0 Å². The van der Waals surface area contributed by atoms with Crippen molar-refractivity contribution < 1.29 is 18.7 Å². The molecule has 1 N–H and O–H groups in total. The minimum absolute atomic E-state index is 0.00135. The van der Waals surface area contributed by atoms with Crippen LogP contribution in [-0.4, -0.2) is 47.0 Å². The van der Waals surface area contributed by atoms with Gasteiger partial charge in [0.15, 0.2) is 0 Å². The number of benzene rings is 2. The number of amides is 1. The van der Waals surface area contributed by atoms with Crippen LogP contribution in [0.2, 0.25) is 5.02 Å². The molecule has 1 aliphatic rings. The zero-order chi connectivity index (χ0) is 23.3. The lowest BCUT2D eigenvalue weighted by Crippen LogP contribution is -2.55. The molecule has 1 fully saturated rings. The molecule has 6 nitrogen and oxygen atoms in total. The quantitative estimate of drug-likeness (QED) is 0.497. The number of carbonyl (C=O) groups excluding carboxylic acids is 2. The molecule has 2 aromatic rings. The largest absolute Gasteiger partial charge is 0.476 e. The molecule has 2 aromatic carbocycles. The molecule has 1 amide bonds. The summed E-state index contributed by atoms with van der Waals surface area (Å²) in [5.74, 6) is 1.86. The molecular formula is C24H25ClFN3O3. The minimum atomic E-state index is -0.375. The van der Waals surface area contributed by atoms with Gasteiger partial charge in [-0.05, 0) is 55.8 Å². The van der Waals surface area contributed by atoms with Crippen molar-refractivity contribution in [3.8, 4) is 5.75 Å². The van der Waals surface area contributed by atoms with E-state index in [9.17, 15) is 14.0 Å². The molecule has 0 radical (unpaired) electrons. The second-order valence-corrected chi connectivity index (χ2v) is 8.08. The molecule has 2 atom stereocenters. The summed E-state index contributed by atoms with van der Waals surface area (Å²) >= 11 is 6.05. The van der Waals surface area contributed by atoms with Crippen molar-refractivity contribution in [2.75, 3.05) is 18.6 Å². The van der Waals surface area contributed by atoms with Crippen LogP contribution in [0.5, 0.6) is 5.75 Å². The Labute approximate surface area is 191 Å². The van der Waals surface area contributed by atoms with Crippen LogP contribution in [0, 0.1) is 5.82 Å². The third-order valence-corrected chi connectivity index (χ3v) is 5.66. The fourth-order valence-electron chi connectivity index (χ4n) is 3.64. The van der Waals surface area contributed by atoms with Gasteiger partial charge < -0.3 is 15.0 Å². The Kier molecular flexibility index (Phi) is 7.70. The molecule has 0 aliphatic carbocycles. The summed E-state index contributed by atoms with van der Waals surface area (Å²) in [4.78, 5) is 27.6.